The highest BCUT2D eigenvalue weighted by Crippen LogP contribution is 2.32. The molecule has 0 saturated heterocycles. The van der Waals surface area contributed by atoms with Gasteiger partial charge < -0.3 is 15.6 Å². The van der Waals surface area contributed by atoms with E-state index in [0.29, 0.717) is 11.1 Å². The van der Waals surface area contributed by atoms with Crippen molar-refractivity contribution in [2.75, 3.05) is 0 Å². The standard InChI is InChI=1S/C17H22N4O/c1-16(2)8-11(9-17(3,4)20-16)21-10-19-14-12(15(18)22)6-5-7-13(14)21/h5-8,10,20H,9H2,1-4H3,(H2,18,22). The molecule has 1 aromatic carbocycles. The number of hydrogen-bond donors (Lipinski definition) is 2. The molecule has 1 aromatic heterocycles. The van der Waals surface area contributed by atoms with E-state index in [1.54, 1.807) is 12.4 Å². The van der Waals surface area contributed by atoms with Crippen molar-refractivity contribution in [1.82, 2.24) is 14.9 Å². The summed E-state index contributed by atoms with van der Waals surface area (Å²) in [4.78, 5) is 16.0. The summed E-state index contributed by atoms with van der Waals surface area (Å²) >= 11 is 0. The fraction of sp³-hybridized carbons (Fsp3) is 0.412. The minimum absolute atomic E-state index is 0.00846. The van der Waals surface area contributed by atoms with Crippen LogP contribution in [0.15, 0.2) is 30.6 Å². The molecular formula is C17H22N4O. The number of hydrogen-bond acceptors (Lipinski definition) is 3. The van der Waals surface area contributed by atoms with E-state index in [1.165, 1.54) is 5.70 Å². The van der Waals surface area contributed by atoms with E-state index in [1.807, 2.05) is 12.1 Å². The van der Waals surface area contributed by atoms with Crippen molar-refractivity contribution >= 4 is 22.6 Å². The van der Waals surface area contributed by atoms with Gasteiger partial charge in [-0.2, -0.15) is 0 Å². The first-order valence-corrected chi connectivity index (χ1v) is 7.46. The molecule has 22 heavy (non-hydrogen) atoms. The van der Waals surface area contributed by atoms with E-state index in [4.69, 9.17) is 5.73 Å². The SMILES string of the molecule is CC1(C)C=C(n2cnc3c(C(N)=O)cccc32)CC(C)(C)N1. The van der Waals surface area contributed by atoms with Crippen LogP contribution in [0.1, 0.15) is 44.5 Å². The van der Waals surface area contributed by atoms with Gasteiger partial charge in [-0.25, -0.2) is 4.98 Å². The number of nitrogens with two attached hydrogens (primary N) is 1. The smallest absolute Gasteiger partial charge is 0.250 e. The second kappa shape index (κ2) is 4.68. The maximum atomic E-state index is 11.6. The van der Waals surface area contributed by atoms with E-state index in [9.17, 15) is 4.79 Å². The normalized spacial score (nSPS) is 19.9. The highest BCUT2D eigenvalue weighted by atomic mass is 16.1. The number of carbonyl (C=O) groups is 1. The lowest BCUT2D eigenvalue weighted by Crippen LogP contribution is -2.54. The van der Waals surface area contributed by atoms with E-state index in [-0.39, 0.29) is 11.1 Å². The lowest BCUT2D eigenvalue weighted by molar-refractivity contribution is 0.100. The van der Waals surface area contributed by atoms with Crippen LogP contribution >= 0.6 is 0 Å². The predicted molar refractivity (Wildman–Crippen MR) is 88.4 cm³/mol. The van der Waals surface area contributed by atoms with Gasteiger partial charge in [0.1, 0.15) is 11.8 Å². The highest BCUT2D eigenvalue weighted by Gasteiger charge is 2.33. The monoisotopic (exact) mass is 298 g/mol. The van der Waals surface area contributed by atoms with Crippen LogP contribution in [0.4, 0.5) is 0 Å². The van der Waals surface area contributed by atoms with Crippen molar-refractivity contribution in [3.05, 3.63) is 36.2 Å². The van der Waals surface area contributed by atoms with Crippen molar-refractivity contribution in [2.45, 2.75) is 45.2 Å². The number of imidazole rings is 1. The fourth-order valence-corrected chi connectivity index (χ4v) is 3.49. The van der Waals surface area contributed by atoms with Crippen LogP contribution in [0.2, 0.25) is 0 Å². The Morgan fingerprint density at radius 3 is 2.68 bits per heavy atom. The first kappa shape index (κ1) is 14.8. The minimum Gasteiger partial charge on any atom is -0.366 e. The summed E-state index contributed by atoms with van der Waals surface area (Å²) in [5, 5.41) is 3.62. The number of primary amides is 1. The molecule has 5 heteroatoms. The summed E-state index contributed by atoms with van der Waals surface area (Å²) in [6, 6.07) is 5.53. The number of aromatic nitrogens is 2. The van der Waals surface area contributed by atoms with Crippen molar-refractivity contribution < 1.29 is 4.79 Å². The lowest BCUT2D eigenvalue weighted by Gasteiger charge is -2.41. The Hall–Kier alpha value is -2.14. The molecule has 0 fully saturated rings. The molecule has 0 spiro atoms. The minimum atomic E-state index is -0.448. The van der Waals surface area contributed by atoms with Gasteiger partial charge in [-0.3, -0.25) is 4.79 Å². The maximum absolute atomic E-state index is 11.6. The Labute approximate surface area is 130 Å². The molecule has 0 aliphatic carbocycles. The van der Waals surface area contributed by atoms with Gasteiger partial charge in [-0.05, 0) is 45.9 Å². The lowest BCUT2D eigenvalue weighted by atomic mass is 9.86. The molecule has 2 aromatic rings. The topological polar surface area (TPSA) is 72.9 Å². The number of nitrogens with one attached hydrogen (secondary N) is 1. The molecule has 1 aliphatic rings. The molecule has 2 heterocycles. The van der Waals surface area contributed by atoms with Crippen molar-refractivity contribution in [3.63, 3.8) is 0 Å². The molecule has 3 rings (SSSR count). The highest BCUT2D eigenvalue weighted by molar-refractivity contribution is 6.04. The summed E-state index contributed by atoms with van der Waals surface area (Å²) in [7, 11) is 0. The van der Waals surface area contributed by atoms with Gasteiger partial charge in [0.2, 0.25) is 0 Å². The average Bonchev–Trinajstić information content (AvgIpc) is 2.78. The van der Waals surface area contributed by atoms with Gasteiger partial charge >= 0.3 is 0 Å². The molecule has 1 amide bonds. The molecule has 0 bridgehead atoms. The zero-order valence-corrected chi connectivity index (χ0v) is 13.5. The zero-order valence-electron chi connectivity index (χ0n) is 13.5. The fourth-order valence-electron chi connectivity index (χ4n) is 3.49. The van der Waals surface area contributed by atoms with Crippen molar-refractivity contribution in [1.29, 1.82) is 0 Å². The van der Waals surface area contributed by atoms with Gasteiger partial charge in [0.05, 0.1) is 11.1 Å². The summed E-state index contributed by atoms with van der Waals surface area (Å²) in [6.45, 7) is 8.69. The van der Waals surface area contributed by atoms with Gasteiger partial charge in [-0.1, -0.05) is 6.07 Å². The first-order chi connectivity index (χ1) is 10.2. The number of rotatable bonds is 2. The van der Waals surface area contributed by atoms with Crippen molar-refractivity contribution in [2.24, 2.45) is 5.73 Å². The Kier molecular flexibility index (Phi) is 3.14. The van der Waals surface area contributed by atoms with Crippen LogP contribution in [0.3, 0.4) is 0 Å². The van der Waals surface area contributed by atoms with Crippen molar-refractivity contribution in [3.8, 4) is 0 Å². The van der Waals surface area contributed by atoms with Crippen LogP contribution in [-0.4, -0.2) is 26.5 Å². The van der Waals surface area contributed by atoms with Crippen LogP contribution in [0.25, 0.3) is 16.7 Å². The Morgan fingerprint density at radius 1 is 1.32 bits per heavy atom. The van der Waals surface area contributed by atoms with E-state index < -0.39 is 5.91 Å². The van der Waals surface area contributed by atoms with Crippen LogP contribution in [0, 0.1) is 0 Å². The third kappa shape index (κ3) is 2.52. The number of para-hydroxylation sites is 1. The zero-order chi connectivity index (χ0) is 16.1. The third-order valence-electron chi connectivity index (χ3n) is 3.96. The number of carbonyl (C=O) groups excluding carboxylic acids is 1. The Bertz CT molecular complexity index is 783. The van der Waals surface area contributed by atoms with Crippen LogP contribution in [-0.2, 0) is 0 Å². The summed E-state index contributed by atoms with van der Waals surface area (Å²) in [5.41, 5.74) is 8.54. The summed E-state index contributed by atoms with van der Waals surface area (Å²) in [6.07, 6.45) is 4.87. The summed E-state index contributed by atoms with van der Waals surface area (Å²) in [5.74, 6) is -0.448. The van der Waals surface area contributed by atoms with E-state index in [2.05, 4.69) is 48.6 Å². The van der Waals surface area contributed by atoms with Crippen LogP contribution < -0.4 is 11.1 Å². The number of amides is 1. The average molecular weight is 298 g/mol. The molecule has 0 saturated carbocycles. The summed E-state index contributed by atoms with van der Waals surface area (Å²) < 4.78 is 2.06. The molecule has 116 valence electrons. The molecule has 0 atom stereocenters. The third-order valence-corrected chi connectivity index (χ3v) is 3.96. The van der Waals surface area contributed by atoms with Gasteiger partial charge in [-0.15, -0.1) is 0 Å². The quantitative estimate of drug-likeness (QED) is 0.895. The van der Waals surface area contributed by atoms with Gasteiger partial charge in [0.15, 0.2) is 0 Å². The number of fused-ring (bicyclic) bond motifs is 1. The second-order valence-electron chi connectivity index (χ2n) is 7.20. The largest absolute Gasteiger partial charge is 0.366 e. The van der Waals surface area contributed by atoms with E-state index >= 15 is 0 Å². The molecule has 3 N–H and O–H groups in total. The van der Waals surface area contributed by atoms with Gasteiger partial charge in [0, 0.05) is 23.2 Å². The number of nitrogens with zero attached hydrogens (tertiary/aromatic N) is 2. The molecule has 5 nitrogen and oxygen atoms in total. The first-order valence-electron chi connectivity index (χ1n) is 7.46. The molecule has 0 radical (unpaired) electrons. The Morgan fingerprint density at radius 2 is 2.05 bits per heavy atom. The second-order valence-corrected chi connectivity index (χ2v) is 7.20. The molecule has 0 unspecified atom stereocenters. The van der Waals surface area contributed by atoms with Gasteiger partial charge in [0.25, 0.3) is 5.91 Å². The predicted octanol–water partition coefficient (Wildman–Crippen LogP) is 2.53. The molecular weight excluding hydrogens is 276 g/mol. The molecule has 1 aliphatic heterocycles. The maximum Gasteiger partial charge on any atom is 0.250 e. The Balaban J connectivity index is 2.17. The van der Waals surface area contributed by atoms with E-state index in [0.717, 1.165) is 11.9 Å². The van der Waals surface area contributed by atoms with Crippen LogP contribution in [0.5, 0.6) is 0 Å². The number of benzene rings is 1.